The number of ether oxygens (including phenoxy) is 3. The van der Waals surface area contributed by atoms with E-state index in [0.717, 1.165) is 0 Å². The van der Waals surface area contributed by atoms with Crippen molar-refractivity contribution in [2.24, 2.45) is 30.7 Å². The van der Waals surface area contributed by atoms with Crippen molar-refractivity contribution in [2.45, 2.75) is 130 Å². The molecule has 76 heavy (non-hydrogen) atoms. The summed E-state index contributed by atoms with van der Waals surface area (Å²) in [4.78, 5) is 1.98. The largest absolute Gasteiger partial charge is 0.388 e. The molecule has 6 heterocycles. The van der Waals surface area contributed by atoms with Gasteiger partial charge in [0.1, 0.15) is 73.2 Å². The zero-order valence-electron chi connectivity index (χ0n) is 41.5. The molecule has 21 N–H and O–H groups in total. The molecule has 0 amide bonds. The molecule has 37 heteroatoms. The van der Waals surface area contributed by atoms with E-state index in [0.29, 0.717) is 39.3 Å². The average molecular weight is 1190 g/mol. The first-order valence-corrected chi connectivity index (χ1v) is 26.6. The number of aliphatic hydroxyl groups is 9. The van der Waals surface area contributed by atoms with E-state index in [4.69, 9.17) is 87.5 Å². The van der Waals surface area contributed by atoms with Gasteiger partial charge >= 0.3 is 0 Å². The smallest absolute Gasteiger partial charge is 0.205 e. The van der Waals surface area contributed by atoms with Crippen LogP contribution >= 0.6 is 73.3 Å². The first-order chi connectivity index (χ1) is 35.9. The molecule has 428 valence electrons. The fourth-order valence-electron chi connectivity index (χ4n) is 7.55. The zero-order valence-corrected chi connectivity index (χ0v) is 46.4. The van der Waals surface area contributed by atoms with E-state index in [9.17, 15) is 46.0 Å². The Balaban J connectivity index is 0.983. The van der Waals surface area contributed by atoms with Gasteiger partial charge in [0, 0.05) is 58.9 Å². The van der Waals surface area contributed by atoms with Gasteiger partial charge in [-0.2, -0.15) is 30.7 Å². The highest BCUT2D eigenvalue weighted by molar-refractivity contribution is 7.81. The van der Waals surface area contributed by atoms with Gasteiger partial charge < -0.3 is 124 Å². The summed E-state index contributed by atoms with van der Waals surface area (Å²) in [6, 6.07) is 0. The zero-order chi connectivity index (χ0) is 55.5. The number of nitrogens with zero attached hydrogens (tertiary/aromatic N) is 7. The van der Waals surface area contributed by atoms with Gasteiger partial charge in [-0.15, -0.1) is 0 Å². The first kappa shape index (κ1) is 61.6. The van der Waals surface area contributed by atoms with Crippen LogP contribution in [-0.4, -0.2) is 269 Å². The van der Waals surface area contributed by atoms with Gasteiger partial charge in [0.2, 0.25) is 17.0 Å². The third-order valence-corrected chi connectivity index (χ3v) is 14.2. The van der Waals surface area contributed by atoms with Gasteiger partial charge in [-0.25, -0.2) is 0 Å². The van der Waals surface area contributed by atoms with Crippen molar-refractivity contribution in [3.05, 3.63) is 0 Å². The summed E-state index contributed by atoms with van der Waals surface area (Å²) in [5.74, 6) is 0. The Morgan fingerprint density at radius 3 is 0.855 bits per heavy atom. The van der Waals surface area contributed by atoms with E-state index in [2.05, 4.69) is 94.5 Å². The Labute approximate surface area is 469 Å². The van der Waals surface area contributed by atoms with E-state index < -0.39 is 109 Å². The molecule has 0 radical (unpaired) electrons. The number of rotatable bonds is 24. The van der Waals surface area contributed by atoms with Gasteiger partial charge in [-0.3, -0.25) is 4.90 Å². The normalized spacial score (nSPS) is 32.9. The second-order valence-corrected chi connectivity index (χ2v) is 21.6. The minimum Gasteiger partial charge on any atom is -0.388 e. The standard InChI is InChI=1S/C39H69N19O12S6/c1-37(52-53-37)13-46-31(71)43-10-16-19(59)22(62)25(65)28(68-16)49-34(74)40-4-7-58(8-5-41-35(75)50-29-26(66)23(63)20(60)17(69-29)11-44-32(72)47-14-38(2)54-55-38)9-6-42-36(76)51-30-27(67)24(64)21(61)18(70-30)12-45-33(73)48-15-39(3)56-57-39/h16-30,59-67H,4-15H2,1-3H3,(H2,40,49,74)(H2,41,50,75)(H2,42,51,76)(H2,43,46,71)(H2,44,47,72)(H2,45,48,73)/t16-,17-,18-,19-,20-,21-,22+,23+,24+,25+,26+,27+,28+,29+,30+/m1/s1. The van der Waals surface area contributed by atoms with Gasteiger partial charge in [-0.05, 0) is 94.1 Å². The van der Waals surface area contributed by atoms with Crippen LogP contribution in [0.15, 0.2) is 30.7 Å². The third-order valence-electron chi connectivity index (χ3n) is 12.6. The Bertz CT molecular complexity index is 1910. The molecule has 0 saturated carbocycles. The molecule has 0 bridgehead atoms. The molecular formula is C39H69N19O12S6. The van der Waals surface area contributed by atoms with Crippen molar-refractivity contribution in [2.75, 3.05) is 78.5 Å². The third kappa shape index (κ3) is 18.8. The van der Waals surface area contributed by atoms with Crippen LogP contribution in [0, 0.1) is 0 Å². The van der Waals surface area contributed by atoms with Crippen LogP contribution in [0.25, 0.3) is 0 Å². The number of aliphatic hydroxyl groups excluding tert-OH is 9. The van der Waals surface area contributed by atoms with Crippen molar-refractivity contribution in [1.29, 1.82) is 0 Å². The fourth-order valence-corrected chi connectivity index (χ4v) is 8.67. The summed E-state index contributed by atoms with van der Waals surface area (Å²) in [5.41, 5.74) is -1.64. The molecule has 0 spiro atoms. The molecule has 0 aromatic carbocycles. The molecule has 0 unspecified atom stereocenters. The summed E-state index contributed by atoms with van der Waals surface area (Å²) in [5, 5.41) is 156. The maximum atomic E-state index is 10.8. The highest BCUT2D eigenvalue weighted by atomic mass is 32.1. The van der Waals surface area contributed by atoms with Crippen LogP contribution in [0.4, 0.5) is 0 Å². The number of hydrogen-bond acceptors (Lipinski definition) is 25. The molecule has 6 aliphatic rings. The van der Waals surface area contributed by atoms with E-state index in [-0.39, 0.29) is 69.9 Å². The SMILES string of the molecule is CC1(CNC(=S)NC[C@H]2O[C@H](NC(=S)NCCN(CCNC(=S)N[C@H]3O[C@H](CNC(=S)NCC4(C)N=N4)[C@@H](O)[C@H](O)[C@@H]3O)CCNC(=S)N[C@H]3O[C@H](CNC(=S)NCC4(C)N=N4)[C@@H](O)[C@H](O)[C@@H]3O)[C@@H](O)[C@@H](O)[C@@H]2O)N=N1. The van der Waals surface area contributed by atoms with E-state index in [1.807, 2.05) is 25.7 Å². The van der Waals surface area contributed by atoms with Crippen molar-refractivity contribution in [3.8, 4) is 0 Å². The molecule has 3 fully saturated rings. The van der Waals surface area contributed by atoms with Crippen molar-refractivity contribution < 1.29 is 60.2 Å². The molecule has 15 atom stereocenters. The predicted octanol–water partition coefficient (Wildman–Crippen LogP) is -7.96. The highest BCUT2D eigenvalue weighted by Crippen LogP contribution is 2.27. The van der Waals surface area contributed by atoms with Gasteiger partial charge in [-0.1, -0.05) is 0 Å². The summed E-state index contributed by atoms with van der Waals surface area (Å²) in [7, 11) is 0. The van der Waals surface area contributed by atoms with Crippen LogP contribution in [0.5, 0.6) is 0 Å². The first-order valence-electron chi connectivity index (χ1n) is 24.2. The topological polar surface area (TPSA) is 432 Å². The Morgan fingerprint density at radius 1 is 0.368 bits per heavy atom. The fraction of sp³-hybridized carbons (Fsp3) is 0.846. The lowest BCUT2D eigenvalue weighted by molar-refractivity contribution is -0.223. The average Bonchev–Trinajstić information content (AvgIpc) is 4.35. The molecule has 0 aliphatic carbocycles. The maximum Gasteiger partial charge on any atom is 0.205 e. The van der Waals surface area contributed by atoms with Gasteiger partial charge in [0.25, 0.3) is 0 Å². The van der Waals surface area contributed by atoms with Crippen molar-refractivity contribution in [3.63, 3.8) is 0 Å². The van der Waals surface area contributed by atoms with Crippen LogP contribution in [-0.2, 0) is 14.2 Å². The lowest BCUT2D eigenvalue weighted by Gasteiger charge is -2.41. The summed E-state index contributed by atoms with van der Waals surface area (Å²) >= 11 is 32.5. The Hall–Kier alpha value is -3.58. The van der Waals surface area contributed by atoms with E-state index in [1.165, 1.54) is 0 Å². The van der Waals surface area contributed by atoms with E-state index in [1.54, 1.807) is 0 Å². The second-order valence-electron chi connectivity index (χ2n) is 19.2. The lowest BCUT2D eigenvalue weighted by Crippen LogP contribution is -2.65. The van der Waals surface area contributed by atoms with Crippen LogP contribution in [0.1, 0.15) is 20.8 Å². The number of thiocarbonyl (C=S) groups is 6. The minimum atomic E-state index is -1.59. The molecule has 31 nitrogen and oxygen atoms in total. The van der Waals surface area contributed by atoms with Crippen LogP contribution < -0.4 is 63.8 Å². The number of nitrogens with one attached hydrogen (secondary N) is 12. The quantitative estimate of drug-likeness (QED) is 0.0399. The highest BCUT2D eigenvalue weighted by Gasteiger charge is 2.47. The molecule has 0 aromatic rings. The lowest BCUT2D eigenvalue weighted by atomic mass is 9.98. The van der Waals surface area contributed by atoms with Gasteiger partial charge in [0.05, 0.1) is 19.6 Å². The summed E-state index contributed by atoms with van der Waals surface area (Å²) in [6.45, 7) is 8.19. The molecular weight excluding hydrogens is 1120 g/mol. The maximum absolute atomic E-state index is 10.8. The molecule has 0 aromatic heterocycles. The summed E-state index contributed by atoms with van der Waals surface area (Å²) < 4.78 is 17.7. The molecule has 6 aliphatic heterocycles. The Kier molecular flexibility index (Phi) is 22.3. The monoisotopic (exact) mass is 1190 g/mol. The molecule has 3 saturated heterocycles. The van der Waals surface area contributed by atoms with Crippen molar-refractivity contribution in [1.82, 2.24) is 68.7 Å². The minimum absolute atomic E-state index is 0.0204. The number of hydrogen-bond donors (Lipinski definition) is 21. The van der Waals surface area contributed by atoms with Crippen LogP contribution in [0.3, 0.4) is 0 Å². The van der Waals surface area contributed by atoms with Crippen molar-refractivity contribution >= 4 is 104 Å². The van der Waals surface area contributed by atoms with Crippen LogP contribution in [0.2, 0.25) is 0 Å². The molecule has 6 rings (SSSR count). The Morgan fingerprint density at radius 2 is 0.618 bits per heavy atom. The van der Waals surface area contributed by atoms with Gasteiger partial charge in [0.15, 0.2) is 49.4 Å². The predicted molar refractivity (Wildman–Crippen MR) is 293 cm³/mol. The van der Waals surface area contributed by atoms with E-state index >= 15 is 0 Å². The summed E-state index contributed by atoms with van der Waals surface area (Å²) in [6.07, 6.45) is -20.5. The second kappa shape index (κ2) is 27.5.